The average molecular weight is 120 g/mol. The first kappa shape index (κ1) is 6.94. The second-order valence-electron chi connectivity index (χ2n) is 0.788. The zero-order valence-corrected chi connectivity index (χ0v) is 4.09. The van der Waals surface area contributed by atoms with Crippen LogP contribution in [0.4, 0.5) is 9.18 Å². The molecule has 0 aromatic heterocycles. The predicted octanol–water partition coefficient (Wildman–Crippen LogP) is 1.21. The molecule has 0 aliphatic heterocycles. The summed E-state index contributed by atoms with van der Waals surface area (Å²) in [6.45, 7) is 1.86. The highest BCUT2D eigenvalue weighted by molar-refractivity contribution is 5.60. The third-order valence-electron chi connectivity index (χ3n) is 0.352. The molecule has 0 N–H and O–H groups in total. The van der Waals surface area contributed by atoms with Crippen molar-refractivity contribution in [3.05, 3.63) is 12.8 Å². The highest BCUT2D eigenvalue weighted by Gasteiger charge is 1.96. The van der Waals surface area contributed by atoms with Gasteiger partial charge >= 0.3 is 6.16 Å². The molecule has 0 saturated carbocycles. The fourth-order valence-electron chi connectivity index (χ4n) is 0.147. The number of hydrogen-bond donors (Lipinski definition) is 0. The van der Waals surface area contributed by atoms with Gasteiger partial charge in [-0.15, -0.1) is 0 Å². The van der Waals surface area contributed by atoms with E-state index in [9.17, 15) is 9.18 Å². The molecular formula is C4H5FO3. The average Bonchev–Trinajstić information content (AvgIpc) is 1.68. The Hall–Kier alpha value is -1.06. The van der Waals surface area contributed by atoms with E-state index >= 15 is 0 Å². The minimum Gasteiger partial charge on any atom is -0.404 e. The van der Waals surface area contributed by atoms with E-state index in [1.54, 1.807) is 0 Å². The Morgan fingerprint density at radius 1 is 1.88 bits per heavy atom. The van der Waals surface area contributed by atoms with E-state index in [0.717, 1.165) is 6.26 Å². The fraction of sp³-hybridized carbons (Fsp3) is 0.250. The lowest BCUT2D eigenvalue weighted by Gasteiger charge is -1.93. The van der Waals surface area contributed by atoms with Gasteiger partial charge in [0.05, 0.1) is 6.26 Å². The summed E-state index contributed by atoms with van der Waals surface area (Å²) >= 11 is 0. The first-order valence-electron chi connectivity index (χ1n) is 1.81. The van der Waals surface area contributed by atoms with Gasteiger partial charge in [0.2, 0.25) is 6.86 Å². The fourth-order valence-corrected chi connectivity index (χ4v) is 0.147. The highest BCUT2D eigenvalue weighted by atomic mass is 19.1. The topological polar surface area (TPSA) is 35.5 Å². The van der Waals surface area contributed by atoms with Crippen LogP contribution in [0.15, 0.2) is 12.8 Å². The molecule has 3 nitrogen and oxygen atoms in total. The van der Waals surface area contributed by atoms with Crippen LogP contribution in [0.25, 0.3) is 0 Å². The maximum absolute atomic E-state index is 11.0. The van der Waals surface area contributed by atoms with E-state index in [1.165, 1.54) is 0 Å². The minimum atomic E-state index is -1.17. The monoisotopic (exact) mass is 120 g/mol. The van der Waals surface area contributed by atoms with Crippen LogP contribution < -0.4 is 0 Å². The summed E-state index contributed by atoms with van der Waals surface area (Å²) in [6, 6.07) is 0. The smallest absolute Gasteiger partial charge is 0.404 e. The quantitative estimate of drug-likeness (QED) is 0.406. The molecule has 0 aromatic carbocycles. The number of carbonyl (C=O) groups excluding carboxylic acids is 1. The van der Waals surface area contributed by atoms with E-state index in [1.807, 2.05) is 0 Å². The second kappa shape index (κ2) is 4.11. The minimum absolute atomic E-state index is 0.859. The molecule has 0 spiro atoms. The Balaban J connectivity index is 3.18. The van der Waals surface area contributed by atoms with Crippen LogP contribution in [0.2, 0.25) is 0 Å². The number of ether oxygens (including phenoxy) is 2. The van der Waals surface area contributed by atoms with Crippen molar-refractivity contribution in [2.45, 2.75) is 0 Å². The van der Waals surface area contributed by atoms with Gasteiger partial charge in [-0.25, -0.2) is 9.18 Å². The van der Waals surface area contributed by atoms with Crippen LogP contribution in [0, 0.1) is 0 Å². The maximum atomic E-state index is 11.0. The highest BCUT2D eigenvalue weighted by Crippen LogP contribution is 1.83. The van der Waals surface area contributed by atoms with Crippen molar-refractivity contribution in [2.75, 3.05) is 6.86 Å². The van der Waals surface area contributed by atoms with E-state index in [4.69, 9.17) is 0 Å². The molecule has 0 unspecified atom stereocenters. The molecule has 0 radical (unpaired) electrons. The molecule has 0 rings (SSSR count). The van der Waals surface area contributed by atoms with E-state index in [0.29, 0.717) is 0 Å². The summed E-state index contributed by atoms with van der Waals surface area (Å²) in [5, 5.41) is 0. The zero-order chi connectivity index (χ0) is 6.41. The van der Waals surface area contributed by atoms with Crippen molar-refractivity contribution in [1.82, 2.24) is 0 Å². The normalized spacial score (nSPS) is 7.62. The zero-order valence-electron chi connectivity index (χ0n) is 4.09. The lowest BCUT2D eigenvalue weighted by Crippen LogP contribution is -2.00. The first-order valence-corrected chi connectivity index (χ1v) is 1.81. The third-order valence-corrected chi connectivity index (χ3v) is 0.352. The molecule has 0 aliphatic rings. The molecule has 0 amide bonds. The summed E-state index contributed by atoms with van der Waals surface area (Å²) in [7, 11) is 0. The van der Waals surface area contributed by atoms with Gasteiger partial charge in [0.15, 0.2) is 0 Å². The SMILES string of the molecule is C=COC(=O)OCF. The maximum Gasteiger partial charge on any atom is 0.515 e. The molecule has 0 fully saturated rings. The largest absolute Gasteiger partial charge is 0.515 e. The molecule has 0 heterocycles. The van der Waals surface area contributed by atoms with E-state index in [-0.39, 0.29) is 0 Å². The number of hydrogen-bond acceptors (Lipinski definition) is 3. The Labute approximate surface area is 45.7 Å². The van der Waals surface area contributed by atoms with E-state index in [2.05, 4.69) is 16.1 Å². The number of carbonyl (C=O) groups is 1. The van der Waals surface area contributed by atoms with Crippen molar-refractivity contribution in [2.24, 2.45) is 0 Å². The van der Waals surface area contributed by atoms with Gasteiger partial charge < -0.3 is 9.47 Å². The van der Waals surface area contributed by atoms with Gasteiger partial charge in [0.25, 0.3) is 0 Å². The molecular weight excluding hydrogens is 115 g/mol. The molecule has 0 aromatic rings. The number of halogens is 1. The summed E-state index contributed by atoms with van der Waals surface area (Å²) in [5.41, 5.74) is 0. The van der Waals surface area contributed by atoms with Gasteiger partial charge in [-0.1, -0.05) is 6.58 Å². The number of alkyl halides is 1. The van der Waals surface area contributed by atoms with Gasteiger partial charge in [-0.2, -0.15) is 0 Å². The molecule has 4 heteroatoms. The summed E-state index contributed by atoms with van der Waals surface area (Å²) in [4.78, 5) is 9.89. The second-order valence-corrected chi connectivity index (χ2v) is 0.788. The van der Waals surface area contributed by atoms with Crippen molar-refractivity contribution < 1.29 is 18.7 Å². The van der Waals surface area contributed by atoms with Crippen molar-refractivity contribution >= 4 is 6.16 Å². The van der Waals surface area contributed by atoms with Crippen LogP contribution in [0.3, 0.4) is 0 Å². The van der Waals surface area contributed by atoms with Crippen molar-refractivity contribution in [1.29, 1.82) is 0 Å². The first-order chi connectivity index (χ1) is 3.81. The standard InChI is InChI=1S/C4H5FO3/c1-2-7-4(6)8-3-5/h2H,1,3H2. The lowest BCUT2D eigenvalue weighted by atomic mass is 11.1. The van der Waals surface area contributed by atoms with Crippen LogP contribution in [0.1, 0.15) is 0 Å². The Kier molecular flexibility index (Phi) is 3.56. The Morgan fingerprint density at radius 2 is 2.50 bits per heavy atom. The van der Waals surface area contributed by atoms with E-state index < -0.39 is 13.0 Å². The van der Waals surface area contributed by atoms with Gasteiger partial charge in [0.1, 0.15) is 0 Å². The van der Waals surface area contributed by atoms with Crippen LogP contribution in [0.5, 0.6) is 0 Å². The summed E-state index contributed by atoms with van der Waals surface area (Å²) < 4.78 is 18.6. The van der Waals surface area contributed by atoms with Crippen LogP contribution in [-0.2, 0) is 9.47 Å². The lowest BCUT2D eigenvalue weighted by molar-refractivity contribution is 0.0498. The molecule has 46 valence electrons. The summed E-state index contributed by atoms with van der Waals surface area (Å²) in [5.74, 6) is 0. The molecule has 0 atom stereocenters. The third kappa shape index (κ3) is 3.14. The molecule has 0 bridgehead atoms. The predicted molar refractivity (Wildman–Crippen MR) is 23.7 cm³/mol. The van der Waals surface area contributed by atoms with Crippen molar-refractivity contribution in [3.8, 4) is 0 Å². The molecule has 0 saturated heterocycles. The van der Waals surface area contributed by atoms with Gasteiger partial charge in [-0.05, 0) is 0 Å². The molecule has 0 aliphatic carbocycles. The molecule has 8 heavy (non-hydrogen) atoms. The van der Waals surface area contributed by atoms with Crippen molar-refractivity contribution in [3.63, 3.8) is 0 Å². The van der Waals surface area contributed by atoms with Gasteiger partial charge in [0, 0.05) is 0 Å². The summed E-state index contributed by atoms with van der Waals surface area (Å²) in [6.07, 6.45) is -0.222. The Morgan fingerprint density at radius 3 is 2.88 bits per heavy atom. The van der Waals surface area contributed by atoms with Crippen LogP contribution >= 0.6 is 0 Å². The van der Waals surface area contributed by atoms with Gasteiger partial charge in [-0.3, -0.25) is 0 Å². The van der Waals surface area contributed by atoms with Crippen LogP contribution in [-0.4, -0.2) is 13.0 Å². The Bertz CT molecular complexity index is 91.3. The number of rotatable bonds is 2.